The monoisotopic (exact) mass is 729 g/mol. The predicted molar refractivity (Wildman–Crippen MR) is 200 cm³/mol. The maximum Gasteiger partial charge on any atom is 0.193 e. The number of hydrogen-bond donors (Lipinski definition) is 0. The van der Waals surface area contributed by atoms with E-state index in [0.717, 1.165) is 78.0 Å². The first-order valence-electron chi connectivity index (χ1n) is 16.9. The second-order valence-corrected chi connectivity index (χ2v) is 14.3. The smallest absolute Gasteiger partial charge is 0.193 e. The van der Waals surface area contributed by atoms with Crippen molar-refractivity contribution in [3.63, 3.8) is 0 Å². The Morgan fingerprint density at radius 1 is 0.608 bits per heavy atom. The highest BCUT2D eigenvalue weighted by Gasteiger charge is 2.10. The van der Waals surface area contributed by atoms with E-state index in [1.54, 1.807) is 37.3 Å². The highest BCUT2D eigenvalue weighted by molar-refractivity contribution is 8.13. The maximum absolute atomic E-state index is 14.9. The molecule has 9 heteroatoms. The third-order valence-corrected chi connectivity index (χ3v) is 10.1. The second kappa shape index (κ2) is 20.5. The maximum atomic E-state index is 14.9. The minimum absolute atomic E-state index is 0.0264. The molecule has 0 radical (unpaired) electrons. The molecule has 0 aliphatic carbocycles. The average Bonchev–Trinajstić information content (AvgIpc) is 3.13. The summed E-state index contributed by atoms with van der Waals surface area (Å²) >= 11 is 2.41. The molecular formula is C42H39F4NO2S2. The molecule has 264 valence electrons. The first-order chi connectivity index (χ1) is 24.7. The van der Waals surface area contributed by atoms with Crippen molar-refractivity contribution in [1.29, 1.82) is 5.26 Å². The summed E-state index contributed by atoms with van der Waals surface area (Å²) in [4.78, 5) is 26.6. The van der Waals surface area contributed by atoms with Crippen molar-refractivity contribution < 1.29 is 27.2 Å². The largest absolute Gasteiger partial charge is 0.287 e. The van der Waals surface area contributed by atoms with Gasteiger partial charge in [0.2, 0.25) is 0 Å². The quantitative estimate of drug-likeness (QED) is 0.0356. The van der Waals surface area contributed by atoms with Crippen LogP contribution < -0.4 is 0 Å². The number of unbranched alkanes of at least 4 members (excludes halogenated alkanes) is 6. The van der Waals surface area contributed by atoms with Crippen LogP contribution in [0.15, 0.2) is 112 Å². The molecule has 0 spiro atoms. The van der Waals surface area contributed by atoms with Crippen molar-refractivity contribution in [1.82, 2.24) is 0 Å². The van der Waals surface area contributed by atoms with Gasteiger partial charge in [-0.15, -0.1) is 0 Å². The van der Waals surface area contributed by atoms with Crippen LogP contribution in [0.1, 0.15) is 70.3 Å². The third kappa shape index (κ3) is 12.7. The number of carbonyl (C=O) groups is 2. The SMILES string of the molecule is C/C(=C\C=C(\C#N)CF)c1ccc(-c2ccc(SC(=O)CCCCCCCCCC(=O)Sc3ccc(-c4ccc(F)c(F)c4)cc3)cc2)cc1F. The molecule has 0 fully saturated rings. The fourth-order valence-corrected chi connectivity index (χ4v) is 6.90. The van der Waals surface area contributed by atoms with Gasteiger partial charge < -0.3 is 0 Å². The third-order valence-electron chi connectivity index (χ3n) is 8.24. The molecule has 4 rings (SSSR count). The number of thioether (sulfide) groups is 2. The fourth-order valence-electron chi connectivity index (χ4n) is 5.34. The number of halogens is 4. The summed E-state index contributed by atoms with van der Waals surface area (Å²) in [5.41, 5.74) is 3.77. The van der Waals surface area contributed by atoms with E-state index in [9.17, 15) is 27.2 Å². The standard InChI is InChI=1S/C42H39F4NO2S2/c1-29(11-12-30(27-43)28-47)37-23-17-33(25-39(37)45)31-13-19-35(20-14-31)50-41(48)9-7-5-3-2-4-6-8-10-42(49)51-36-21-15-32(16-22-36)34-18-24-38(44)40(46)26-34/h11-26H,2-10,27H2,1H3/b29-11+,30-12+. The van der Waals surface area contributed by atoms with E-state index in [1.807, 2.05) is 36.4 Å². The highest BCUT2D eigenvalue weighted by atomic mass is 32.2. The van der Waals surface area contributed by atoms with Gasteiger partial charge in [-0.1, -0.05) is 104 Å². The van der Waals surface area contributed by atoms with Crippen LogP contribution in [0.2, 0.25) is 0 Å². The summed E-state index contributed by atoms with van der Waals surface area (Å²) in [6.45, 7) is 0.832. The van der Waals surface area contributed by atoms with Gasteiger partial charge in [-0.05, 0) is 96.1 Å². The fraction of sp³-hybridized carbons (Fsp3) is 0.262. The Morgan fingerprint density at radius 3 is 1.51 bits per heavy atom. The molecule has 0 bridgehead atoms. The summed E-state index contributed by atoms with van der Waals surface area (Å²) in [5, 5.41) is 9.06. The van der Waals surface area contributed by atoms with E-state index in [0.29, 0.717) is 35.1 Å². The van der Waals surface area contributed by atoms with Crippen LogP contribution in [0, 0.1) is 28.8 Å². The van der Waals surface area contributed by atoms with Crippen LogP contribution in [0.3, 0.4) is 0 Å². The summed E-state index contributed by atoms with van der Waals surface area (Å²) in [7, 11) is 0. The van der Waals surface area contributed by atoms with Gasteiger partial charge in [0.1, 0.15) is 12.5 Å². The predicted octanol–water partition coefficient (Wildman–Crippen LogP) is 12.7. The zero-order valence-electron chi connectivity index (χ0n) is 28.4. The van der Waals surface area contributed by atoms with E-state index in [1.165, 1.54) is 47.8 Å². The van der Waals surface area contributed by atoms with Gasteiger partial charge in [-0.2, -0.15) is 5.26 Å². The molecule has 0 aromatic heterocycles. The lowest BCUT2D eigenvalue weighted by Gasteiger charge is -2.08. The summed E-state index contributed by atoms with van der Waals surface area (Å²) < 4.78 is 54.3. The van der Waals surface area contributed by atoms with Gasteiger partial charge in [-0.3, -0.25) is 9.59 Å². The molecular weight excluding hydrogens is 691 g/mol. The van der Waals surface area contributed by atoms with E-state index in [-0.39, 0.29) is 15.8 Å². The summed E-state index contributed by atoms with van der Waals surface area (Å²) in [5.74, 6) is -2.19. The van der Waals surface area contributed by atoms with Crippen LogP contribution in [-0.2, 0) is 9.59 Å². The van der Waals surface area contributed by atoms with Crippen LogP contribution in [0.4, 0.5) is 17.6 Å². The average molecular weight is 730 g/mol. The van der Waals surface area contributed by atoms with E-state index >= 15 is 0 Å². The second-order valence-electron chi connectivity index (χ2n) is 12.1. The minimum atomic E-state index is -0.891. The first kappa shape index (κ1) is 39.4. The Labute approximate surface area is 305 Å². The molecule has 0 saturated carbocycles. The Kier molecular flexibility index (Phi) is 15.8. The Bertz CT molecular complexity index is 1900. The number of rotatable bonds is 17. The van der Waals surface area contributed by atoms with Crippen molar-refractivity contribution in [3.05, 3.63) is 126 Å². The Balaban J connectivity index is 1.07. The van der Waals surface area contributed by atoms with Gasteiger partial charge in [0.05, 0.1) is 11.6 Å². The molecule has 3 nitrogen and oxygen atoms in total. The first-order valence-corrected chi connectivity index (χ1v) is 18.5. The van der Waals surface area contributed by atoms with Gasteiger partial charge in [0, 0.05) is 28.2 Å². The topological polar surface area (TPSA) is 57.9 Å². The van der Waals surface area contributed by atoms with Crippen LogP contribution in [0.5, 0.6) is 0 Å². The Hall–Kier alpha value is -4.39. The number of alkyl halides is 1. The van der Waals surface area contributed by atoms with Gasteiger partial charge >= 0.3 is 0 Å². The van der Waals surface area contributed by atoms with Gasteiger partial charge in [0.15, 0.2) is 21.9 Å². The molecule has 0 aliphatic heterocycles. The Morgan fingerprint density at radius 2 is 1.06 bits per heavy atom. The summed E-state index contributed by atoms with van der Waals surface area (Å²) in [6.07, 6.45) is 10.6. The normalized spacial score (nSPS) is 11.8. The van der Waals surface area contributed by atoms with E-state index in [4.69, 9.17) is 5.26 Å². The van der Waals surface area contributed by atoms with Crippen LogP contribution in [0.25, 0.3) is 27.8 Å². The van der Waals surface area contributed by atoms with E-state index < -0.39 is 24.1 Å². The molecule has 4 aromatic carbocycles. The van der Waals surface area contributed by atoms with Crippen LogP contribution in [-0.4, -0.2) is 16.9 Å². The lowest BCUT2D eigenvalue weighted by atomic mass is 10.00. The molecule has 0 aliphatic rings. The summed E-state index contributed by atoms with van der Waals surface area (Å²) in [6, 6.07) is 25.1. The van der Waals surface area contributed by atoms with Crippen molar-refractivity contribution in [2.45, 2.75) is 74.5 Å². The number of benzene rings is 4. The van der Waals surface area contributed by atoms with Crippen molar-refractivity contribution in [2.75, 3.05) is 6.67 Å². The molecule has 0 unspecified atom stereocenters. The number of nitrogens with zero attached hydrogens (tertiary/aromatic N) is 1. The van der Waals surface area contributed by atoms with E-state index in [2.05, 4.69) is 0 Å². The number of hydrogen-bond acceptors (Lipinski definition) is 5. The molecule has 4 aromatic rings. The molecule has 0 saturated heterocycles. The van der Waals surface area contributed by atoms with Crippen molar-refractivity contribution >= 4 is 39.3 Å². The van der Waals surface area contributed by atoms with Gasteiger partial charge in [-0.25, -0.2) is 17.6 Å². The van der Waals surface area contributed by atoms with Crippen LogP contribution >= 0.6 is 23.5 Å². The number of nitriles is 1. The molecule has 0 atom stereocenters. The molecule has 0 amide bonds. The molecule has 0 heterocycles. The highest BCUT2D eigenvalue weighted by Crippen LogP contribution is 2.30. The molecule has 0 N–H and O–H groups in total. The van der Waals surface area contributed by atoms with Crippen molar-refractivity contribution in [3.8, 4) is 28.3 Å². The van der Waals surface area contributed by atoms with Crippen molar-refractivity contribution in [2.24, 2.45) is 0 Å². The zero-order valence-corrected chi connectivity index (χ0v) is 30.0. The number of allylic oxidation sites excluding steroid dienone is 4. The lowest BCUT2D eigenvalue weighted by Crippen LogP contribution is -1.93. The zero-order chi connectivity index (χ0) is 36.6. The number of carbonyl (C=O) groups excluding carboxylic acids is 2. The minimum Gasteiger partial charge on any atom is -0.287 e. The lowest BCUT2D eigenvalue weighted by molar-refractivity contribution is -0.111. The molecule has 51 heavy (non-hydrogen) atoms. The van der Waals surface area contributed by atoms with Gasteiger partial charge in [0.25, 0.3) is 0 Å².